The first kappa shape index (κ1) is 13.9. The molecule has 1 aliphatic heterocycles. The lowest BCUT2D eigenvalue weighted by Crippen LogP contribution is -2.57. The molecule has 0 aromatic heterocycles. The van der Waals surface area contributed by atoms with Gasteiger partial charge in [0, 0.05) is 19.6 Å². The van der Waals surface area contributed by atoms with Gasteiger partial charge in [-0.3, -0.25) is 4.90 Å². The van der Waals surface area contributed by atoms with Crippen LogP contribution in [-0.2, 0) is 4.74 Å². The molecule has 3 atom stereocenters. The molecule has 0 aliphatic carbocycles. The molecule has 0 aromatic rings. The van der Waals surface area contributed by atoms with E-state index in [2.05, 4.69) is 37.9 Å². The Labute approximate surface area is 99.0 Å². The molecule has 1 rings (SSSR count). The summed E-state index contributed by atoms with van der Waals surface area (Å²) in [5.41, 5.74) is -0.203. The predicted octanol–water partition coefficient (Wildman–Crippen LogP) is 0.456. The molecule has 0 saturated carbocycles. The van der Waals surface area contributed by atoms with Gasteiger partial charge in [-0.1, -0.05) is 6.92 Å². The van der Waals surface area contributed by atoms with Crippen molar-refractivity contribution in [3.8, 4) is 0 Å². The summed E-state index contributed by atoms with van der Waals surface area (Å²) in [4.78, 5) is 2.37. The highest BCUT2D eigenvalue weighted by Gasteiger charge is 2.29. The smallest absolute Gasteiger partial charge is 0.0678 e. The molecule has 0 radical (unpaired) electrons. The number of nitrogens with zero attached hydrogens (tertiary/aromatic N) is 1. The van der Waals surface area contributed by atoms with E-state index in [-0.39, 0.29) is 24.4 Å². The lowest BCUT2D eigenvalue weighted by atomic mass is 10.0. The van der Waals surface area contributed by atoms with Crippen molar-refractivity contribution < 1.29 is 9.84 Å². The molecule has 0 amide bonds. The van der Waals surface area contributed by atoms with E-state index in [4.69, 9.17) is 4.74 Å². The molecule has 4 nitrogen and oxygen atoms in total. The minimum absolute atomic E-state index is 0.168. The first-order valence-electron chi connectivity index (χ1n) is 6.23. The fourth-order valence-corrected chi connectivity index (χ4v) is 2.50. The summed E-state index contributed by atoms with van der Waals surface area (Å²) in [5.74, 6) is 0. The van der Waals surface area contributed by atoms with E-state index in [0.717, 1.165) is 26.2 Å². The van der Waals surface area contributed by atoms with Crippen LogP contribution >= 0.6 is 0 Å². The van der Waals surface area contributed by atoms with E-state index in [1.807, 2.05) is 0 Å². The number of ether oxygens (including phenoxy) is 1. The van der Waals surface area contributed by atoms with Crippen LogP contribution in [0.15, 0.2) is 0 Å². The number of hydrogen-bond donors (Lipinski definition) is 2. The van der Waals surface area contributed by atoms with E-state index in [0.29, 0.717) is 0 Å². The summed E-state index contributed by atoms with van der Waals surface area (Å²) in [7, 11) is 0. The first-order chi connectivity index (χ1) is 7.49. The molecule has 2 N–H and O–H groups in total. The van der Waals surface area contributed by atoms with Crippen molar-refractivity contribution in [2.24, 2.45) is 0 Å². The van der Waals surface area contributed by atoms with Gasteiger partial charge in [-0.25, -0.2) is 0 Å². The van der Waals surface area contributed by atoms with Gasteiger partial charge in [-0.2, -0.15) is 0 Å². The van der Waals surface area contributed by atoms with Crippen molar-refractivity contribution in [1.29, 1.82) is 0 Å². The molecule has 0 aromatic carbocycles. The van der Waals surface area contributed by atoms with Crippen LogP contribution in [0.1, 0.15) is 27.7 Å². The maximum Gasteiger partial charge on any atom is 0.0678 e. The highest BCUT2D eigenvalue weighted by atomic mass is 16.5. The summed E-state index contributed by atoms with van der Waals surface area (Å²) in [5, 5.41) is 12.8. The number of aliphatic hydroxyl groups excluding tert-OH is 1. The monoisotopic (exact) mass is 230 g/mol. The first-order valence-corrected chi connectivity index (χ1v) is 6.23. The van der Waals surface area contributed by atoms with Crippen LogP contribution in [0.4, 0.5) is 0 Å². The molecule has 3 unspecified atom stereocenters. The second kappa shape index (κ2) is 5.96. The number of morpholine rings is 1. The van der Waals surface area contributed by atoms with Crippen LogP contribution in [0.5, 0.6) is 0 Å². The van der Waals surface area contributed by atoms with E-state index < -0.39 is 0 Å². The summed E-state index contributed by atoms with van der Waals surface area (Å²) >= 11 is 0. The maximum absolute atomic E-state index is 9.46. The molecule has 1 aliphatic rings. The Balaban J connectivity index is 2.50. The summed E-state index contributed by atoms with van der Waals surface area (Å²) in [6.45, 7) is 12.2. The van der Waals surface area contributed by atoms with Gasteiger partial charge in [0.15, 0.2) is 0 Å². The molecule has 0 spiro atoms. The largest absolute Gasteiger partial charge is 0.394 e. The fraction of sp³-hybridized carbons (Fsp3) is 1.00. The highest BCUT2D eigenvalue weighted by molar-refractivity contribution is 4.88. The Kier molecular flexibility index (Phi) is 5.18. The number of nitrogens with one attached hydrogen (secondary N) is 1. The zero-order chi connectivity index (χ0) is 12.2. The van der Waals surface area contributed by atoms with Gasteiger partial charge < -0.3 is 15.2 Å². The van der Waals surface area contributed by atoms with Gasteiger partial charge in [0.05, 0.1) is 24.4 Å². The Morgan fingerprint density at radius 3 is 2.38 bits per heavy atom. The molecular weight excluding hydrogens is 204 g/mol. The second-order valence-corrected chi connectivity index (χ2v) is 5.20. The SMILES string of the molecule is CCNC(C)(CO)CN1CC(C)OC(C)C1. The van der Waals surface area contributed by atoms with Crippen molar-refractivity contribution >= 4 is 0 Å². The van der Waals surface area contributed by atoms with Gasteiger partial charge in [-0.15, -0.1) is 0 Å². The molecule has 4 heteroatoms. The third kappa shape index (κ3) is 4.01. The zero-order valence-corrected chi connectivity index (χ0v) is 11.0. The van der Waals surface area contributed by atoms with Crippen LogP contribution in [0.2, 0.25) is 0 Å². The Morgan fingerprint density at radius 1 is 1.38 bits per heavy atom. The van der Waals surface area contributed by atoms with Crippen LogP contribution in [0, 0.1) is 0 Å². The molecule has 1 saturated heterocycles. The van der Waals surface area contributed by atoms with Crippen LogP contribution in [0.3, 0.4) is 0 Å². The standard InChI is InChI=1S/C12H26N2O2/c1-5-13-12(4,9-15)8-14-6-10(2)16-11(3)7-14/h10-11,13,15H,5-9H2,1-4H3. The Bertz CT molecular complexity index is 203. The topological polar surface area (TPSA) is 44.7 Å². The lowest BCUT2D eigenvalue weighted by molar-refractivity contribution is -0.0756. The molecule has 16 heavy (non-hydrogen) atoms. The fourth-order valence-electron chi connectivity index (χ4n) is 2.50. The minimum atomic E-state index is -0.203. The Hall–Kier alpha value is -0.160. The number of hydrogen-bond acceptors (Lipinski definition) is 4. The number of aliphatic hydroxyl groups is 1. The minimum Gasteiger partial charge on any atom is -0.394 e. The molecule has 1 fully saturated rings. The Morgan fingerprint density at radius 2 is 1.94 bits per heavy atom. The maximum atomic E-state index is 9.46. The van der Waals surface area contributed by atoms with E-state index in [1.165, 1.54) is 0 Å². The van der Waals surface area contributed by atoms with Gasteiger partial charge >= 0.3 is 0 Å². The average Bonchev–Trinajstić information content (AvgIpc) is 2.16. The summed E-state index contributed by atoms with van der Waals surface area (Å²) in [6, 6.07) is 0. The summed E-state index contributed by atoms with van der Waals surface area (Å²) < 4.78 is 5.70. The zero-order valence-electron chi connectivity index (χ0n) is 11.0. The van der Waals surface area contributed by atoms with Gasteiger partial charge in [0.2, 0.25) is 0 Å². The van der Waals surface area contributed by atoms with E-state index in [9.17, 15) is 5.11 Å². The predicted molar refractivity (Wildman–Crippen MR) is 65.6 cm³/mol. The van der Waals surface area contributed by atoms with Crippen LogP contribution in [0.25, 0.3) is 0 Å². The molecule has 96 valence electrons. The second-order valence-electron chi connectivity index (χ2n) is 5.20. The number of likely N-dealkylation sites (N-methyl/N-ethyl adjacent to an activating group) is 1. The average molecular weight is 230 g/mol. The van der Waals surface area contributed by atoms with E-state index >= 15 is 0 Å². The normalized spacial score (nSPS) is 31.3. The van der Waals surface area contributed by atoms with Crippen LogP contribution in [-0.4, -0.2) is 60.5 Å². The number of rotatable bonds is 5. The van der Waals surface area contributed by atoms with Gasteiger partial charge in [0.25, 0.3) is 0 Å². The van der Waals surface area contributed by atoms with Gasteiger partial charge in [0.1, 0.15) is 0 Å². The third-order valence-electron chi connectivity index (χ3n) is 3.02. The van der Waals surface area contributed by atoms with Crippen molar-refractivity contribution in [2.75, 3.05) is 32.8 Å². The van der Waals surface area contributed by atoms with Crippen molar-refractivity contribution in [2.45, 2.75) is 45.4 Å². The molecule has 0 bridgehead atoms. The molecule has 1 heterocycles. The van der Waals surface area contributed by atoms with Crippen molar-refractivity contribution in [3.63, 3.8) is 0 Å². The third-order valence-corrected chi connectivity index (χ3v) is 3.02. The van der Waals surface area contributed by atoms with Crippen molar-refractivity contribution in [3.05, 3.63) is 0 Å². The quantitative estimate of drug-likeness (QED) is 0.720. The van der Waals surface area contributed by atoms with E-state index in [1.54, 1.807) is 0 Å². The van der Waals surface area contributed by atoms with Crippen molar-refractivity contribution in [1.82, 2.24) is 10.2 Å². The van der Waals surface area contributed by atoms with Gasteiger partial charge in [-0.05, 0) is 27.3 Å². The highest BCUT2D eigenvalue weighted by Crippen LogP contribution is 2.14. The summed E-state index contributed by atoms with van der Waals surface area (Å²) in [6.07, 6.45) is 0.571. The lowest BCUT2D eigenvalue weighted by Gasteiger charge is -2.40. The van der Waals surface area contributed by atoms with Crippen LogP contribution < -0.4 is 5.32 Å². The molecular formula is C12H26N2O2.